The molecule has 1 aliphatic heterocycles. The SMILES string of the molecule is O=C(NCC1=CCNCC1)C(Oc1ccc(Cl)cc1)c1ccccc1. The van der Waals surface area contributed by atoms with E-state index in [0.717, 1.165) is 25.1 Å². The highest BCUT2D eigenvalue weighted by atomic mass is 35.5. The minimum atomic E-state index is -0.704. The number of benzene rings is 2. The molecule has 25 heavy (non-hydrogen) atoms. The van der Waals surface area contributed by atoms with Crippen LogP contribution in [0.15, 0.2) is 66.2 Å². The number of carbonyl (C=O) groups is 1. The molecular formula is C20H21ClN2O2. The van der Waals surface area contributed by atoms with Gasteiger partial charge < -0.3 is 15.4 Å². The predicted octanol–water partition coefficient (Wildman–Crippen LogP) is 3.50. The smallest absolute Gasteiger partial charge is 0.266 e. The largest absolute Gasteiger partial charge is 0.476 e. The van der Waals surface area contributed by atoms with E-state index in [4.69, 9.17) is 16.3 Å². The van der Waals surface area contributed by atoms with E-state index in [0.29, 0.717) is 17.3 Å². The molecule has 0 saturated heterocycles. The van der Waals surface area contributed by atoms with Crippen molar-refractivity contribution >= 4 is 17.5 Å². The highest BCUT2D eigenvalue weighted by molar-refractivity contribution is 6.30. The van der Waals surface area contributed by atoms with Crippen LogP contribution in [0, 0.1) is 0 Å². The highest BCUT2D eigenvalue weighted by Crippen LogP contribution is 2.24. The summed E-state index contributed by atoms with van der Waals surface area (Å²) < 4.78 is 5.95. The summed E-state index contributed by atoms with van der Waals surface area (Å²) in [5, 5.41) is 6.89. The second-order valence-corrected chi connectivity index (χ2v) is 6.33. The second-order valence-electron chi connectivity index (χ2n) is 5.90. The highest BCUT2D eigenvalue weighted by Gasteiger charge is 2.22. The summed E-state index contributed by atoms with van der Waals surface area (Å²) in [7, 11) is 0. The van der Waals surface area contributed by atoms with Crippen LogP contribution < -0.4 is 15.4 Å². The lowest BCUT2D eigenvalue weighted by molar-refractivity contribution is -0.128. The summed E-state index contributed by atoms with van der Waals surface area (Å²) in [5.74, 6) is 0.454. The van der Waals surface area contributed by atoms with Gasteiger partial charge in [0.15, 0.2) is 0 Å². The van der Waals surface area contributed by atoms with E-state index in [1.165, 1.54) is 5.57 Å². The molecule has 130 valence electrons. The number of hydrogen-bond acceptors (Lipinski definition) is 3. The fraction of sp³-hybridized carbons (Fsp3) is 0.250. The van der Waals surface area contributed by atoms with Crippen LogP contribution in [0.1, 0.15) is 18.1 Å². The molecule has 2 aromatic carbocycles. The standard InChI is InChI=1S/C20H21ClN2O2/c21-17-6-8-18(9-7-17)25-19(16-4-2-1-3-5-16)20(24)23-14-15-10-12-22-13-11-15/h1-10,19,22H,11-14H2,(H,23,24). The first-order chi connectivity index (χ1) is 12.2. The third-order valence-corrected chi connectivity index (χ3v) is 4.31. The first kappa shape index (κ1) is 17.5. The van der Waals surface area contributed by atoms with Gasteiger partial charge in [-0.3, -0.25) is 4.79 Å². The first-order valence-corrected chi connectivity index (χ1v) is 8.73. The fourth-order valence-electron chi connectivity index (χ4n) is 2.67. The van der Waals surface area contributed by atoms with Crippen molar-refractivity contribution in [3.05, 3.63) is 76.8 Å². The van der Waals surface area contributed by atoms with E-state index >= 15 is 0 Å². The van der Waals surface area contributed by atoms with Crippen molar-refractivity contribution in [2.45, 2.75) is 12.5 Å². The Morgan fingerprint density at radius 1 is 1.16 bits per heavy atom. The number of rotatable bonds is 6. The van der Waals surface area contributed by atoms with E-state index in [1.54, 1.807) is 24.3 Å². The summed E-state index contributed by atoms with van der Waals surface area (Å²) in [5.41, 5.74) is 2.06. The molecule has 5 heteroatoms. The van der Waals surface area contributed by atoms with Gasteiger partial charge in [0.2, 0.25) is 6.10 Å². The van der Waals surface area contributed by atoms with Crippen molar-refractivity contribution < 1.29 is 9.53 Å². The quantitative estimate of drug-likeness (QED) is 0.779. The van der Waals surface area contributed by atoms with Crippen molar-refractivity contribution in [2.24, 2.45) is 0 Å². The summed E-state index contributed by atoms with van der Waals surface area (Å²) in [6.07, 6.45) is 2.38. The lowest BCUT2D eigenvalue weighted by Gasteiger charge is -2.20. The Bertz CT molecular complexity index is 729. The van der Waals surface area contributed by atoms with Gasteiger partial charge in [-0.25, -0.2) is 0 Å². The molecule has 1 atom stereocenters. The van der Waals surface area contributed by atoms with Crippen molar-refractivity contribution in [3.63, 3.8) is 0 Å². The molecule has 0 spiro atoms. The second kappa shape index (κ2) is 8.70. The molecule has 2 aromatic rings. The number of ether oxygens (including phenoxy) is 1. The zero-order valence-corrected chi connectivity index (χ0v) is 14.6. The number of carbonyl (C=O) groups excluding carboxylic acids is 1. The fourth-order valence-corrected chi connectivity index (χ4v) is 2.80. The summed E-state index contributed by atoms with van der Waals surface area (Å²) in [6.45, 7) is 2.35. The normalized spacial score (nSPS) is 15.2. The van der Waals surface area contributed by atoms with Crippen molar-refractivity contribution in [1.29, 1.82) is 0 Å². The third-order valence-electron chi connectivity index (χ3n) is 4.06. The first-order valence-electron chi connectivity index (χ1n) is 8.36. The Morgan fingerprint density at radius 3 is 2.60 bits per heavy atom. The van der Waals surface area contributed by atoms with Crippen LogP contribution in [-0.4, -0.2) is 25.5 Å². The van der Waals surface area contributed by atoms with Gasteiger partial charge >= 0.3 is 0 Å². The molecule has 1 unspecified atom stereocenters. The molecule has 4 nitrogen and oxygen atoms in total. The topological polar surface area (TPSA) is 50.4 Å². The molecule has 0 fully saturated rings. The molecule has 3 rings (SSSR count). The van der Waals surface area contributed by atoms with Crippen molar-refractivity contribution in [2.75, 3.05) is 19.6 Å². The van der Waals surface area contributed by atoms with Crippen molar-refractivity contribution in [3.8, 4) is 5.75 Å². The molecule has 1 heterocycles. The third kappa shape index (κ3) is 5.08. The molecule has 0 bridgehead atoms. The number of nitrogens with one attached hydrogen (secondary N) is 2. The van der Waals surface area contributed by atoms with Gasteiger partial charge in [0, 0.05) is 23.7 Å². The molecule has 1 amide bonds. The van der Waals surface area contributed by atoms with Crippen LogP contribution >= 0.6 is 11.6 Å². The summed E-state index contributed by atoms with van der Waals surface area (Å²) >= 11 is 5.92. The average Bonchev–Trinajstić information content (AvgIpc) is 2.67. The monoisotopic (exact) mass is 356 g/mol. The molecule has 0 aromatic heterocycles. The summed E-state index contributed by atoms with van der Waals surface area (Å²) in [4.78, 5) is 12.8. The Morgan fingerprint density at radius 2 is 1.92 bits per heavy atom. The Balaban J connectivity index is 1.72. The van der Waals surface area contributed by atoms with E-state index < -0.39 is 6.10 Å². The molecule has 0 aliphatic carbocycles. The van der Waals surface area contributed by atoms with Gasteiger partial charge in [-0.1, -0.05) is 53.6 Å². The Hall–Kier alpha value is -2.30. The number of hydrogen-bond donors (Lipinski definition) is 2. The van der Waals surface area contributed by atoms with Gasteiger partial charge in [0.1, 0.15) is 5.75 Å². The van der Waals surface area contributed by atoms with Gasteiger partial charge in [-0.2, -0.15) is 0 Å². The number of amides is 1. The van der Waals surface area contributed by atoms with Crippen LogP contribution in [0.3, 0.4) is 0 Å². The minimum absolute atomic E-state index is 0.152. The van der Waals surface area contributed by atoms with E-state index in [9.17, 15) is 4.79 Å². The molecular weight excluding hydrogens is 336 g/mol. The zero-order chi connectivity index (χ0) is 17.5. The van der Waals surface area contributed by atoms with E-state index in [-0.39, 0.29) is 5.91 Å². The zero-order valence-electron chi connectivity index (χ0n) is 13.9. The van der Waals surface area contributed by atoms with Gasteiger partial charge in [-0.05, 0) is 37.2 Å². The predicted molar refractivity (Wildman–Crippen MR) is 99.8 cm³/mol. The van der Waals surface area contributed by atoms with Gasteiger partial charge in [0.25, 0.3) is 5.91 Å². The van der Waals surface area contributed by atoms with Gasteiger partial charge in [-0.15, -0.1) is 0 Å². The maximum atomic E-state index is 12.8. The maximum Gasteiger partial charge on any atom is 0.266 e. The van der Waals surface area contributed by atoms with E-state index in [2.05, 4.69) is 16.7 Å². The average molecular weight is 357 g/mol. The molecule has 0 radical (unpaired) electrons. The molecule has 0 saturated carbocycles. The van der Waals surface area contributed by atoms with Crippen LogP contribution in [0.2, 0.25) is 5.02 Å². The van der Waals surface area contributed by atoms with E-state index in [1.807, 2.05) is 30.3 Å². The van der Waals surface area contributed by atoms with Crippen molar-refractivity contribution in [1.82, 2.24) is 10.6 Å². The lowest BCUT2D eigenvalue weighted by Crippen LogP contribution is -2.35. The van der Waals surface area contributed by atoms with Crippen LogP contribution in [0.5, 0.6) is 5.75 Å². The van der Waals surface area contributed by atoms with Gasteiger partial charge in [0.05, 0.1) is 0 Å². The Labute approximate surface area is 152 Å². The molecule has 1 aliphatic rings. The van der Waals surface area contributed by atoms with Crippen LogP contribution in [0.25, 0.3) is 0 Å². The Kier molecular flexibility index (Phi) is 6.09. The van der Waals surface area contributed by atoms with Crippen LogP contribution in [0.4, 0.5) is 0 Å². The lowest BCUT2D eigenvalue weighted by atomic mass is 10.1. The number of halogens is 1. The summed E-state index contributed by atoms with van der Waals surface area (Å²) in [6, 6.07) is 16.5. The van der Waals surface area contributed by atoms with Crippen LogP contribution in [-0.2, 0) is 4.79 Å². The molecule has 2 N–H and O–H groups in total. The maximum absolute atomic E-state index is 12.8. The minimum Gasteiger partial charge on any atom is -0.476 e.